The molecule has 0 saturated heterocycles. The highest BCUT2D eigenvalue weighted by atomic mass is 35.5. The van der Waals surface area contributed by atoms with Gasteiger partial charge in [0.15, 0.2) is 0 Å². The molecule has 0 aliphatic heterocycles. The van der Waals surface area contributed by atoms with Crippen LogP contribution in [0.15, 0.2) is 120 Å². The molecule has 4 aromatic carbocycles. The Morgan fingerprint density at radius 2 is 1.56 bits per heavy atom. The van der Waals surface area contributed by atoms with Crippen LogP contribution >= 0.6 is 11.6 Å². The van der Waals surface area contributed by atoms with Crippen molar-refractivity contribution in [2.24, 2.45) is 0 Å². The first-order valence-corrected chi connectivity index (χ1v) is 13.3. The normalized spacial score (nSPS) is 11.0. The number of fused-ring (bicyclic) bond motifs is 1. The van der Waals surface area contributed by atoms with Crippen LogP contribution in [0.1, 0.15) is 5.56 Å². The number of aromatic amines is 1. The molecule has 0 atom stereocenters. The first-order valence-electron chi connectivity index (χ1n) is 12.9. The van der Waals surface area contributed by atoms with Gasteiger partial charge in [0.25, 0.3) is 5.56 Å². The number of phenolic OH excluding ortho intramolecular Hbond substituents is 1. The number of ether oxygens (including phenoxy) is 1. The lowest BCUT2D eigenvalue weighted by Gasteiger charge is -2.11. The monoisotopic (exact) mass is 558 g/mol. The second-order valence-corrected chi connectivity index (χ2v) is 9.97. The number of H-pyrrole nitrogens is 1. The van der Waals surface area contributed by atoms with E-state index >= 15 is 0 Å². The molecular weight excluding hydrogens is 536 g/mol. The van der Waals surface area contributed by atoms with Gasteiger partial charge in [-0.3, -0.25) is 14.6 Å². The molecule has 41 heavy (non-hydrogen) atoms. The number of hydrogen-bond acceptors (Lipinski definition) is 5. The van der Waals surface area contributed by atoms with Gasteiger partial charge in [0.2, 0.25) is 0 Å². The minimum absolute atomic E-state index is 0.0464. The van der Waals surface area contributed by atoms with Crippen molar-refractivity contribution in [3.05, 3.63) is 136 Å². The number of benzene rings is 4. The van der Waals surface area contributed by atoms with Gasteiger partial charge in [0, 0.05) is 28.4 Å². The average Bonchev–Trinajstić information content (AvgIpc) is 2.98. The molecule has 2 N–H and O–H groups in total. The number of rotatable bonds is 6. The van der Waals surface area contributed by atoms with Crippen LogP contribution in [-0.4, -0.2) is 21.0 Å². The molecule has 0 fully saturated rings. The molecule has 6 rings (SSSR count). The molecular formula is C34H23ClN2O4. The third-order valence-corrected chi connectivity index (χ3v) is 7.11. The summed E-state index contributed by atoms with van der Waals surface area (Å²) in [7, 11) is 0. The van der Waals surface area contributed by atoms with Crippen molar-refractivity contribution >= 4 is 28.5 Å². The fraction of sp³-hybridized carbons (Fsp3) is 0.0294. The van der Waals surface area contributed by atoms with Crippen molar-refractivity contribution in [3.8, 4) is 44.9 Å². The number of phenols is 1. The van der Waals surface area contributed by atoms with Gasteiger partial charge in [0.1, 0.15) is 11.5 Å². The average molecular weight is 559 g/mol. The van der Waals surface area contributed by atoms with E-state index < -0.39 is 5.97 Å². The Morgan fingerprint density at radius 1 is 0.805 bits per heavy atom. The van der Waals surface area contributed by atoms with E-state index in [1.165, 1.54) is 6.20 Å². The Balaban J connectivity index is 1.30. The van der Waals surface area contributed by atoms with E-state index in [9.17, 15) is 14.7 Å². The molecule has 0 radical (unpaired) electrons. The molecule has 6 aromatic rings. The zero-order valence-electron chi connectivity index (χ0n) is 21.7. The summed E-state index contributed by atoms with van der Waals surface area (Å²) >= 11 is 6.65. The van der Waals surface area contributed by atoms with Gasteiger partial charge in [-0.2, -0.15) is 0 Å². The first-order chi connectivity index (χ1) is 19.9. The molecule has 200 valence electrons. The van der Waals surface area contributed by atoms with E-state index in [-0.39, 0.29) is 17.7 Å². The number of nitrogens with zero attached hydrogens (tertiary/aromatic N) is 1. The van der Waals surface area contributed by atoms with Gasteiger partial charge in [-0.1, -0.05) is 78.3 Å². The third-order valence-electron chi connectivity index (χ3n) is 6.80. The fourth-order valence-electron chi connectivity index (χ4n) is 4.80. The lowest BCUT2D eigenvalue weighted by molar-refractivity contribution is -0.133. The third kappa shape index (κ3) is 5.60. The minimum Gasteiger partial charge on any atom is -0.507 e. The topological polar surface area (TPSA) is 92.3 Å². The van der Waals surface area contributed by atoms with Crippen molar-refractivity contribution < 1.29 is 14.6 Å². The van der Waals surface area contributed by atoms with E-state index in [0.29, 0.717) is 27.4 Å². The summed E-state index contributed by atoms with van der Waals surface area (Å²) in [5, 5.41) is 11.5. The van der Waals surface area contributed by atoms with E-state index in [1.807, 2.05) is 72.8 Å². The number of carbonyl (C=O) groups is 1. The zero-order valence-corrected chi connectivity index (χ0v) is 22.4. The molecule has 7 heteroatoms. The molecule has 0 aliphatic rings. The lowest BCUT2D eigenvalue weighted by Crippen LogP contribution is -2.12. The number of pyridine rings is 2. The van der Waals surface area contributed by atoms with Crippen molar-refractivity contribution in [3.63, 3.8) is 0 Å². The molecule has 2 heterocycles. The Bertz CT molecular complexity index is 1950. The van der Waals surface area contributed by atoms with E-state index in [1.54, 1.807) is 36.5 Å². The number of halogens is 1. The van der Waals surface area contributed by atoms with Gasteiger partial charge in [-0.05, 0) is 64.0 Å². The Morgan fingerprint density at radius 3 is 2.32 bits per heavy atom. The molecule has 0 aliphatic carbocycles. The fourth-order valence-corrected chi connectivity index (χ4v) is 5.07. The van der Waals surface area contributed by atoms with Gasteiger partial charge >= 0.3 is 5.97 Å². The Labute approximate surface area is 240 Å². The molecule has 0 amide bonds. The summed E-state index contributed by atoms with van der Waals surface area (Å²) < 4.78 is 5.36. The number of aromatic hydroxyl groups is 1. The molecule has 2 aromatic heterocycles. The smallest absolute Gasteiger partial charge is 0.315 e. The van der Waals surface area contributed by atoms with E-state index in [0.717, 1.165) is 33.2 Å². The zero-order chi connectivity index (χ0) is 28.3. The number of aromatic nitrogens is 2. The van der Waals surface area contributed by atoms with Crippen LogP contribution in [0.25, 0.3) is 44.3 Å². The first kappa shape index (κ1) is 26.0. The molecule has 0 spiro atoms. The lowest BCUT2D eigenvalue weighted by atomic mass is 9.97. The highest BCUT2D eigenvalue weighted by Gasteiger charge is 2.13. The van der Waals surface area contributed by atoms with E-state index in [4.69, 9.17) is 16.3 Å². The second-order valence-electron chi connectivity index (χ2n) is 9.57. The standard InChI is InChI=1S/C34H23ClN2O4/c35-30-19-31-25(17-28(30)23-12-10-22(11-13-23)27-8-1-2-9-32(27)38)18-29(34(40)37-31)24-6-3-5-21(15-24)16-33(39)41-26-7-4-14-36-20-26/h1-15,17-20,38H,16H2,(H,37,40). The summed E-state index contributed by atoms with van der Waals surface area (Å²) in [6, 6.07) is 31.1. The number of carbonyl (C=O) groups excluding carboxylic acids is 1. The quantitative estimate of drug-likeness (QED) is 0.207. The maximum absolute atomic E-state index is 13.1. The van der Waals surface area contributed by atoms with Gasteiger partial charge < -0.3 is 14.8 Å². The number of nitrogens with one attached hydrogen (secondary N) is 1. The van der Waals surface area contributed by atoms with Gasteiger partial charge in [0.05, 0.1) is 17.6 Å². The second kappa shape index (κ2) is 11.1. The van der Waals surface area contributed by atoms with Crippen molar-refractivity contribution in [1.29, 1.82) is 0 Å². The van der Waals surface area contributed by atoms with Crippen LogP contribution in [0, 0.1) is 0 Å². The number of esters is 1. The van der Waals surface area contributed by atoms with Crippen molar-refractivity contribution in [2.75, 3.05) is 0 Å². The van der Waals surface area contributed by atoms with Crippen LogP contribution in [0.3, 0.4) is 0 Å². The van der Waals surface area contributed by atoms with Crippen molar-refractivity contribution in [1.82, 2.24) is 9.97 Å². The predicted octanol–water partition coefficient (Wildman–Crippen LogP) is 7.43. The van der Waals surface area contributed by atoms with Crippen molar-refractivity contribution in [2.45, 2.75) is 6.42 Å². The van der Waals surface area contributed by atoms with E-state index in [2.05, 4.69) is 9.97 Å². The molecule has 0 bridgehead atoms. The summed E-state index contributed by atoms with van der Waals surface area (Å²) in [6.07, 6.45) is 3.13. The molecule has 6 nitrogen and oxygen atoms in total. The summed E-state index contributed by atoms with van der Waals surface area (Å²) in [5.74, 6) is 0.173. The van der Waals surface area contributed by atoms with Crippen LogP contribution in [0.4, 0.5) is 0 Å². The van der Waals surface area contributed by atoms with Gasteiger partial charge in [-0.15, -0.1) is 0 Å². The molecule has 0 saturated carbocycles. The maximum atomic E-state index is 13.1. The highest BCUT2D eigenvalue weighted by molar-refractivity contribution is 6.34. The minimum atomic E-state index is -0.421. The van der Waals surface area contributed by atoms with Crippen LogP contribution in [-0.2, 0) is 11.2 Å². The summed E-state index contributed by atoms with van der Waals surface area (Å²) in [4.78, 5) is 32.4. The predicted molar refractivity (Wildman–Crippen MR) is 161 cm³/mol. The maximum Gasteiger partial charge on any atom is 0.315 e. The highest BCUT2D eigenvalue weighted by Crippen LogP contribution is 2.35. The number of hydrogen-bond donors (Lipinski definition) is 2. The Kier molecular flexibility index (Phi) is 7.06. The largest absolute Gasteiger partial charge is 0.507 e. The van der Waals surface area contributed by atoms with Crippen LogP contribution in [0.2, 0.25) is 5.02 Å². The summed E-state index contributed by atoms with van der Waals surface area (Å²) in [5.41, 5.74) is 5.59. The van der Waals surface area contributed by atoms with Crippen LogP contribution in [0.5, 0.6) is 11.5 Å². The number of para-hydroxylation sites is 1. The molecule has 0 unspecified atom stereocenters. The summed E-state index contributed by atoms with van der Waals surface area (Å²) in [6.45, 7) is 0. The van der Waals surface area contributed by atoms with Crippen LogP contribution < -0.4 is 10.3 Å². The Hall–Kier alpha value is -5.20. The van der Waals surface area contributed by atoms with Gasteiger partial charge in [-0.25, -0.2) is 0 Å². The SMILES string of the molecule is O=C(Cc1cccc(-c2cc3cc(-c4ccc(-c5ccccc5O)cc4)c(Cl)cc3[nH]c2=O)c1)Oc1cccnc1.